The number of hydrogen-bond donors (Lipinski definition) is 4. The van der Waals surface area contributed by atoms with Gasteiger partial charge in [-0.15, -0.1) is 0 Å². The molecule has 0 aliphatic carbocycles. The summed E-state index contributed by atoms with van der Waals surface area (Å²) in [6, 6.07) is 8.06. The predicted octanol–water partition coefficient (Wildman–Crippen LogP) is 1.08. The second kappa shape index (κ2) is 7.18. The van der Waals surface area contributed by atoms with Crippen molar-refractivity contribution in [2.75, 3.05) is 0 Å². The Balaban J connectivity index is 2.06. The van der Waals surface area contributed by atoms with E-state index in [1.807, 2.05) is 6.92 Å². The van der Waals surface area contributed by atoms with Crippen LogP contribution in [-0.4, -0.2) is 23.0 Å². The van der Waals surface area contributed by atoms with Gasteiger partial charge >= 0.3 is 5.97 Å². The van der Waals surface area contributed by atoms with E-state index >= 15 is 0 Å². The van der Waals surface area contributed by atoms with Crippen LogP contribution in [0.3, 0.4) is 0 Å². The Morgan fingerprint density at radius 2 is 2.00 bits per heavy atom. The topological polar surface area (TPSA) is 162 Å². The molecule has 0 bridgehead atoms. The maximum absolute atomic E-state index is 10.7. The van der Waals surface area contributed by atoms with E-state index in [9.17, 15) is 4.79 Å². The van der Waals surface area contributed by atoms with Crippen molar-refractivity contribution in [1.29, 1.82) is 0 Å². The predicted molar refractivity (Wildman–Crippen MR) is 88.3 cm³/mol. The molecule has 9 heteroatoms. The summed E-state index contributed by atoms with van der Waals surface area (Å²) >= 11 is 0. The van der Waals surface area contributed by atoms with Crippen molar-refractivity contribution in [2.45, 2.75) is 13.5 Å². The van der Waals surface area contributed by atoms with Gasteiger partial charge < -0.3 is 31.5 Å². The lowest BCUT2D eigenvalue weighted by Crippen LogP contribution is -2.26. The Hall–Kier alpha value is -3.49. The first-order valence-corrected chi connectivity index (χ1v) is 6.84. The van der Waals surface area contributed by atoms with Gasteiger partial charge in [-0.05, 0) is 42.8 Å². The number of guanidine groups is 2. The smallest absolute Gasteiger partial charge is 0.371 e. The fourth-order valence-electron chi connectivity index (χ4n) is 1.85. The van der Waals surface area contributed by atoms with Crippen LogP contribution in [0.25, 0.3) is 0 Å². The summed E-state index contributed by atoms with van der Waals surface area (Å²) in [7, 11) is 0. The number of carboxylic acids is 1. The van der Waals surface area contributed by atoms with Crippen LogP contribution in [0.15, 0.2) is 44.7 Å². The second-order valence-corrected chi connectivity index (χ2v) is 4.81. The number of hydrogen-bond acceptors (Lipinski definition) is 4. The first-order chi connectivity index (χ1) is 11.3. The minimum Gasteiger partial charge on any atom is -0.486 e. The van der Waals surface area contributed by atoms with Crippen molar-refractivity contribution in [2.24, 2.45) is 27.2 Å². The summed E-state index contributed by atoms with van der Waals surface area (Å²) in [5.41, 5.74) is 17.4. The summed E-state index contributed by atoms with van der Waals surface area (Å²) in [5.74, 6) is -0.511. The van der Waals surface area contributed by atoms with E-state index < -0.39 is 5.97 Å². The fourth-order valence-corrected chi connectivity index (χ4v) is 1.85. The molecule has 0 saturated heterocycles. The Kier molecular flexibility index (Phi) is 5.05. The molecule has 0 fully saturated rings. The third-order valence-corrected chi connectivity index (χ3v) is 2.90. The lowest BCUT2D eigenvalue weighted by atomic mass is 10.2. The van der Waals surface area contributed by atoms with Crippen LogP contribution in [0.1, 0.15) is 21.9 Å². The molecule has 1 aromatic carbocycles. The van der Waals surface area contributed by atoms with Crippen molar-refractivity contribution < 1.29 is 19.1 Å². The van der Waals surface area contributed by atoms with E-state index in [4.69, 9.17) is 31.5 Å². The molecule has 0 aliphatic rings. The molecule has 9 nitrogen and oxygen atoms in total. The van der Waals surface area contributed by atoms with E-state index in [0.29, 0.717) is 17.2 Å². The highest BCUT2D eigenvalue weighted by Crippen LogP contribution is 2.24. The average Bonchev–Trinajstić information content (AvgIpc) is 2.96. The van der Waals surface area contributed by atoms with Crippen LogP contribution in [0.2, 0.25) is 0 Å². The number of aryl methyl sites for hydroxylation is 1. The number of ether oxygens (including phenoxy) is 1. The monoisotopic (exact) mass is 331 g/mol. The minimum absolute atomic E-state index is 0.0523. The van der Waals surface area contributed by atoms with Crippen molar-refractivity contribution in [3.63, 3.8) is 0 Å². The molecule has 0 spiro atoms. The normalized spacial score (nSPS) is 11.1. The molecule has 2 rings (SSSR count). The van der Waals surface area contributed by atoms with E-state index in [0.717, 1.165) is 5.56 Å². The number of aliphatic imine (C=N–C) groups is 2. The van der Waals surface area contributed by atoms with Crippen LogP contribution < -0.4 is 21.9 Å². The molecule has 2 aromatic rings. The largest absolute Gasteiger partial charge is 0.486 e. The van der Waals surface area contributed by atoms with Gasteiger partial charge in [0.25, 0.3) is 0 Å². The number of rotatable bonds is 5. The Morgan fingerprint density at radius 1 is 1.25 bits per heavy atom. The summed E-state index contributed by atoms with van der Waals surface area (Å²) in [4.78, 5) is 18.5. The van der Waals surface area contributed by atoms with Crippen LogP contribution >= 0.6 is 0 Å². The zero-order valence-electron chi connectivity index (χ0n) is 12.9. The second-order valence-electron chi connectivity index (χ2n) is 4.81. The molecule has 126 valence electrons. The highest BCUT2D eigenvalue weighted by molar-refractivity contribution is 5.93. The van der Waals surface area contributed by atoms with Gasteiger partial charge in [-0.1, -0.05) is 0 Å². The molecule has 0 atom stereocenters. The van der Waals surface area contributed by atoms with Crippen molar-refractivity contribution in [1.82, 2.24) is 0 Å². The van der Waals surface area contributed by atoms with Gasteiger partial charge in [-0.25, -0.2) is 9.79 Å². The molecule has 1 aromatic heterocycles. The summed E-state index contributed by atoms with van der Waals surface area (Å²) in [6.07, 6.45) is 0. The van der Waals surface area contributed by atoms with Crippen LogP contribution in [0, 0.1) is 6.92 Å². The highest BCUT2D eigenvalue weighted by Gasteiger charge is 2.09. The number of carboxylic acid groups (broad SMARTS) is 1. The molecule has 0 unspecified atom stereocenters. The molecule has 0 saturated carbocycles. The molecule has 24 heavy (non-hydrogen) atoms. The van der Waals surface area contributed by atoms with Gasteiger partial charge in [0, 0.05) is 0 Å². The maximum Gasteiger partial charge on any atom is 0.371 e. The summed E-state index contributed by atoms with van der Waals surface area (Å²) < 4.78 is 10.7. The van der Waals surface area contributed by atoms with Crippen LogP contribution in [0.5, 0.6) is 5.75 Å². The fraction of sp³-hybridized carbons (Fsp3) is 0.133. The zero-order chi connectivity index (χ0) is 17.7. The van der Waals surface area contributed by atoms with Crippen LogP contribution in [0.4, 0.5) is 5.69 Å². The van der Waals surface area contributed by atoms with Gasteiger partial charge in [0.15, 0.2) is 5.96 Å². The van der Waals surface area contributed by atoms with Crippen molar-refractivity contribution >= 4 is 23.6 Å². The number of nitrogens with two attached hydrogens (primary N) is 3. The standard InChI is InChI=1S/C15H17N5O4/c1-8-6-9(2-4-11(8)19-15(18)20-14(16)17)23-7-10-3-5-12(24-10)13(21)22/h2-6H,7H2,1H3,(H,21,22)(H6,16,17,18,19,20). The van der Waals surface area contributed by atoms with Crippen LogP contribution in [-0.2, 0) is 6.61 Å². The summed E-state index contributed by atoms with van der Waals surface area (Å²) in [5, 5.41) is 8.79. The molecule has 0 radical (unpaired) electrons. The van der Waals surface area contributed by atoms with E-state index in [2.05, 4.69) is 9.98 Å². The van der Waals surface area contributed by atoms with Gasteiger partial charge in [0.1, 0.15) is 18.1 Å². The third kappa shape index (κ3) is 4.50. The molecule has 1 heterocycles. The van der Waals surface area contributed by atoms with E-state index in [1.165, 1.54) is 6.07 Å². The highest BCUT2D eigenvalue weighted by atomic mass is 16.5. The lowest BCUT2D eigenvalue weighted by Gasteiger charge is -2.07. The lowest BCUT2D eigenvalue weighted by molar-refractivity contribution is 0.0658. The maximum atomic E-state index is 10.7. The number of nitrogens with zero attached hydrogens (tertiary/aromatic N) is 2. The Morgan fingerprint density at radius 3 is 2.58 bits per heavy atom. The SMILES string of the molecule is Cc1cc(OCc2ccc(C(=O)O)o2)ccc1N=C(N)N=C(N)N. The van der Waals surface area contributed by atoms with Crippen molar-refractivity contribution in [3.05, 3.63) is 47.4 Å². The number of aromatic carboxylic acids is 1. The van der Waals surface area contributed by atoms with Gasteiger partial charge in [0.2, 0.25) is 11.7 Å². The Bertz CT molecular complexity index is 806. The van der Waals surface area contributed by atoms with Gasteiger partial charge in [-0.3, -0.25) is 0 Å². The van der Waals surface area contributed by atoms with E-state index in [1.54, 1.807) is 24.3 Å². The zero-order valence-corrected chi connectivity index (χ0v) is 12.9. The molecular formula is C15H17N5O4. The molecular weight excluding hydrogens is 314 g/mol. The third-order valence-electron chi connectivity index (χ3n) is 2.90. The van der Waals surface area contributed by atoms with Gasteiger partial charge in [0.05, 0.1) is 5.69 Å². The number of benzene rings is 1. The molecule has 7 N–H and O–H groups in total. The first-order valence-electron chi connectivity index (χ1n) is 6.84. The average molecular weight is 331 g/mol. The van der Waals surface area contributed by atoms with E-state index in [-0.39, 0.29) is 24.3 Å². The number of carbonyl (C=O) groups is 1. The summed E-state index contributed by atoms with van der Waals surface area (Å²) in [6.45, 7) is 1.93. The Labute approximate surface area is 137 Å². The van der Waals surface area contributed by atoms with Crippen molar-refractivity contribution in [3.8, 4) is 5.75 Å². The quantitative estimate of drug-likeness (QED) is 0.470. The molecule has 0 amide bonds. The number of furan rings is 1. The first kappa shape index (κ1) is 16.9. The minimum atomic E-state index is -1.13. The van der Waals surface area contributed by atoms with Gasteiger partial charge in [-0.2, -0.15) is 4.99 Å². The molecule has 0 aliphatic heterocycles.